The number of pyridine rings is 1. The number of hydrogen-bond acceptors (Lipinski definition) is 8. The van der Waals surface area contributed by atoms with Gasteiger partial charge in [0.2, 0.25) is 11.6 Å². The number of carbonyl (C=O) groups is 2. The minimum absolute atomic E-state index is 0.0856. The molecule has 0 spiro atoms. The summed E-state index contributed by atoms with van der Waals surface area (Å²) in [7, 11) is 0. The average molecular weight is 371 g/mol. The van der Waals surface area contributed by atoms with Crippen LogP contribution in [0.15, 0.2) is 27.5 Å². The molecule has 0 aromatic carbocycles. The molecule has 10 nitrogen and oxygen atoms in total. The second-order valence-corrected chi connectivity index (χ2v) is 5.69. The number of anilines is 1. The van der Waals surface area contributed by atoms with Crippen LogP contribution in [-0.2, 0) is 16.1 Å². The van der Waals surface area contributed by atoms with Crippen LogP contribution in [0.2, 0.25) is 0 Å². The van der Waals surface area contributed by atoms with Crippen LogP contribution >= 0.6 is 0 Å². The SMILES string of the molecule is CCOC(=O)c1noc2nc(C)n(CC(=O)Nc3cccc(C)n3)c(=O)c12. The normalized spacial score (nSPS) is 10.8. The summed E-state index contributed by atoms with van der Waals surface area (Å²) in [5, 5.41) is 6.07. The molecule has 0 radical (unpaired) electrons. The molecule has 3 heterocycles. The van der Waals surface area contributed by atoms with Crippen LogP contribution in [0.5, 0.6) is 0 Å². The third-order valence-corrected chi connectivity index (χ3v) is 3.71. The number of rotatable bonds is 5. The minimum Gasteiger partial charge on any atom is -0.461 e. The quantitative estimate of drug-likeness (QED) is 0.663. The Morgan fingerprint density at radius 2 is 2.04 bits per heavy atom. The number of aryl methyl sites for hydroxylation is 2. The Hall–Kier alpha value is -3.56. The largest absolute Gasteiger partial charge is 0.461 e. The molecule has 0 saturated heterocycles. The molecule has 0 aliphatic heterocycles. The van der Waals surface area contributed by atoms with Gasteiger partial charge in [-0.3, -0.25) is 14.2 Å². The van der Waals surface area contributed by atoms with Crippen LogP contribution in [0, 0.1) is 13.8 Å². The number of nitrogens with zero attached hydrogens (tertiary/aromatic N) is 4. The van der Waals surface area contributed by atoms with E-state index in [2.05, 4.69) is 20.4 Å². The van der Waals surface area contributed by atoms with Gasteiger partial charge >= 0.3 is 5.97 Å². The molecule has 27 heavy (non-hydrogen) atoms. The molecule has 1 N–H and O–H groups in total. The minimum atomic E-state index is -0.793. The van der Waals surface area contributed by atoms with Crippen molar-refractivity contribution in [2.24, 2.45) is 0 Å². The van der Waals surface area contributed by atoms with Gasteiger partial charge in [-0.2, -0.15) is 4.98 Å². The van der Waals surface area contributed by atoms with Gasteiger partial charge in [-0.1, -0.05) is 11.2 Å². The van der Waals surface area contributed by atoms with E-state index in [1.54, 1.807) is 39.0 Å². The molecule has 3 aromatic rings. The highest BCUT2D eigenvalue weighted by molar-refractivity contribution is 6.00. The van der Waals surface area contributed by atoms with Gasteiger partial charge in [0.25, 0.3) is 11.3 Å². The van der Waals surface area contributed by atoms with Crippen LogP contribution in [0.25, 0.3) is 11.1 Å². The Kier molecular flexibility index (Phi) is 4.97. The molecular weight excluding hydrogens is 354 g/mol. The van der Waals surface area contributed by atoms with Crippen LogP contribution in [0.3, 0.4) is 0 Å². The molecule has 0 fully saturated rings. The van der Waals surface area contributed by atoms with E-state index < -0.39 is 17.4 Å². The van der Waals surface area contributed by atoms with Crippen molar-refractivity contribution in [2.75, 3.05) is 11.9 Å². The first kappa shape index (κ1) is 18.2. The molecule has 140 valence electrons. The maximum absolute atomic E-state index is 12.8. The fraction of sp³-hybridized carbons (Fsp3) is 0.294. The first-order valence-electron chi connectivity index (χ1n) is 8.18. The second kappa shape index (κ2) is 7.36. The van der Waals surface area contributed by atoms with Gasteiger partial charge in [-0.25, -0.2) is 9.78 Å². The monoisotopic (exact) mass is 371 g/mol. The predicted molar refractivity (Wildman–Crippen MR) is 94.4 cm³/mol. The van der Waals surface area contributed by atoms with Crippen molar-refractivity contribution in [2.45, 2.75) is 27.3 Å². The first-order valence-corrected chi connectivity index (χ1v) is 8.18. The summed E-state index contributed by atoms with van der Waals surface area (Å²) in [6, 6.07) is 5.19. The standard InChI is InChI=1S/C17H17N5O5/c1-4-26-17(25)14-13-15(27-21-14)19-10(3)22(16(13)24)8-12(23)20-11-7-5-6-9(2)18-11/h5-7H,4,8H2,1-3H3,(H,18,20,23). The number of esters is 1. The topological polar surface area (TPSA) is 129 Å². The molecule has 3 rings (SSSR count). The van der Waals surface area contributed by atoms with Crippen molar-refractivity contribution in [1.82, 2.24) is 19.7 Å². The first-order chi connectivity index (χ1) is 12.9. The fourth-order valence-corrected chi connectivity index (χ4v) is 2.50. The summed E-state index contributed by atoms with van der Waals surface area (Å²) < 4.78 is 11.0. The molecule has 0 aliphatic carbocycles. The van der Waals surface area contributed by atoms with E-state index >= 15 is 0 Å². The second-order valence-electron chi connectivity index (χ2n) is 5.69. The van der Waals surface area contributed by atoms with E-state index in [9.17, 15) is 14.4 Å². The molecule has 0 unspecified atom stereocenters. The Bertz CT molecular complexity index is 1080. The number of nitrogens with one attached hydrogen (secondary N) is 1. The predicted octanol–water partition coefficient (Wildman–Crippen LogP) is 1.21. The zero-order chi connectivity index (χ0) is 19.6. The van der Waals surface area contributed by atoms with Crippen LogP contribution in [0.4, 0.5) is 5.82 Å². The number of fused-ring (bicyclic) bond motifs is 1. The van der Waals surface area contributed by atoms with Gasteiger partial charge in [-0.05, 0) is 32.9 Å². The highest BCUT2D eigenvalue weighted by atomic mass is 16.5. The van der Waals surface area contributed by atoms with E-state index in [0.717, 1.165) is 10.3 Å². The van der Waals surface area contributed by atoms with E-state index in [1.165, 1.54) is 0 Å². The van der Waals surface area contributed by atoms with Gasteiger partial charge < -0.3 is 14.6 Å². The zero-order valence-corrected chi connectivity index (χ0v) is 15.0. The molecular formula is C17H17N5O5. The van der Waals surface area contributed by atoms with Crippen LogP contribution in [0.1, 0.15) is 28.9 Å². The van der Waals surface area contributed by atoms with Crippen LogP contribution < -0.4 is 10.9 Å². The van der Waals surface area contributed by atoms with Gasteiger partial charge in [0.05, 0.1) is 6.61 Å². The summed E-state index contributed by atoms with van der Waals surface area (Å²) in [4.78, 5) is 45.4. The van der Waals surface area contributed by atoms with Gasteiger partial charge in [0.1, 0.15) is 23.6 Å². The van der Waals surface area contributed by atoms with Crippen LogP contribution in [-0.4, -0.2) is 38.2 Å². The molecule has 3 aromatic heterocycles. The Morgan fingerprint density at radius 3 is 2.74 bits per heavy atom. The van der Waals surface area contributed by atoms with E-state index in [4.69, 9.17) is 9.26 Å². The van der Waals surface area contributed by atoms with Crippen molar-refractivity contribution >= 4 is 28.8 Å². The van der Waals surface area contributed by atoms with E-state index in [1.807, 2.05) is 0 Å². The third kappa shape index (κ3) is 3.68. The van der Waals surface area contributed by atoms with Crippen molar-refractivity contribution in [3.05, 3.63) is 45.8 Å². The van der Waals surface area contributed by atoms with Crippen molar-refractivity contribution in [3.63, 3.8) is 0 Å². The lowest BCUT2D eigenvalue weighted by molar-refractivity contribution is -0.116. The van der Waals surface area contributed by atoms with Crippen molar-refractivity contribution < 1.29 is 18.8 Å². The number of carbonyl (C=O) groups excluding carboxylic acids is 2. The van der Waals surface area contributed by atoms with Gasteiger partial charge in [0, 0.05) is 5.69 Å². The summed E-state index contributed by atoms with van der Waals surface area (Å²) in [6.07, 6.45) is 0. The van der Waals surface area contributed by atoms with E-state index in [0.29, 0.717) is 5.82 Å². The smallest absolute Gasteiger partial charge is 0.361 e. The molecule has 0 bridgehead atoms. The van der Waals surface area contributed by atoms with Crippen molar-refractivity contribution in [1.29, 1.82) is 0 Å². The number of amides is 1. The van der Waals surface area contributed by atoms with Crippen molar-refractivity contribution in [3.8, 4) is 0 Å². The number of hydrogen-bond donors (Lipinski definition) is 1. The Labute approximate surface area is 153 Å². The Balaban J connectivity index is 1.94. The lowest BCUT2D eigenvalue weighted by Crippen LogP contribution is -2.30. The molecule has 10 heteroatoms. The summed E-state index contributed by atoms with van der Waals surface area (Å²) in [5.41, 5.74) is -0.224. The highest BCUT2D eigenvalue weighted by Gasteiger charge is 2.24. The lowest BCUT2D eigenvalue weighted by atomic mass is 10.3. The molecule has 0 aliphatic rings. The number of ether oxygens (including phenoxy) is 1. The third-order valence-electron chi connectivity index (χ3n) is 3.71. The lowest BCUT2D eigenvalue weighted by Gasteiger charge is -2.09. The maximum Gasteiger partial charge on any atom is 0.361 e. The fourth-order valence-electron chi connectivity index (χ4n) is 2.50. The molecule has 0 atom stereocenters. The van der Waals surface area contributed by atoms with Gasteiger partial charge in [0.15, 0.2) is 0 Å². The molecule has 1 amide bonds. The average Bonchev–Trinajstić information content (AvgIpc) is 3.03. The zero-order valence-electron chi connectivity index (χ0n) is 15.0. The number of aromatic nitrogens is 4. The highest BCUT2D eigenvalue weighted by Crippen LogP contribution is 2.14. The Morgan fingerprint density at radius 1 is 1.26 bits per heavy atom. The maximum atomic E-state index is 12.8. The summed E-state index contributed by atoms with van der Waals surface area (Å²) in [6.45, 7) is 4.78. The summed E-state index contributed by atoms with van der Waals surface area (Å²) in [5.74, 6) is -0.643. The summed E-state index contributed by atoms with van der Waals surface area (Å²) >= 11 is 0. The molecule has 0 saturated carbocycles. The van der Waals surface area contributed by atoms with E-state index in [-0.39, 0.29) is 35.8 Å². The van der Waals surface area contributed by atoms with Gasteiger partial charge in [-0.15, -0.1) is 0 Å².